The number of nitrogens with zero attached hydrogens (tertiary/aromatic N) is 3. The fourth-order valence-electron chi connectivity index (χ4n) is 9.45. The Morgan fingerprint density at radius 1 is 0.406 bits per heavy atom. The highest BCUT2D eigenvalue weighted by Crippen LogP contribution is 2.43. The van der Waals surface area contributed by atoms with Crippen LogP contribution in [0, 0.1) is 11.8 Å². The first-order valence-corrected chi connectivity index (χ1v) is 22.2. The number of fused-ring (bicyclic) bond motifs is 2. The predicted molar refractivity (Wildman–Crippen MR) is 268 cm³/mol. The predicted octanol–water partition coefficient (Wildman–Crippen LogP) is 15.6. The van der Waals surface area contributed by atoms with Gasteiger partial charge >= 0.3 is 0 Å². The van der Waals surface area contributed by atoms with E-state index in [-0.39, 0.29) is 11.8 Å². The van der Waals surface area contributed by atoms with Crippen LogP contribution in [0.15, 0.2) is 241 Å². The molecular formula is C61H45N3. The fraction of sp³-hybridized carbons (Fsp3) is 0.0656. The molecule has 0 fully saturated rings. The molecule has 0 N–H and O–H groups in total. The van der Waals surface area contributed by atoms with E-state index in [2.05, 4.69) is 237 Å². The van der Waals surface area contributed by atoms with Gasteiger partial charge in [-0.3, -0.25) is 4.99 Å². The molecule has 3 heteroatoms. The van der Waals surface area contributed by atoms with Crippen LogP contribution in [0.2, 0.25) is 0 Å². The van der Waals surface area contributed by atoms with E-state index >= 15 is 0 Å². The molecule has 2 atom stereocenters. The largest absolute Gasteiger partial charge is 0.252 e. The van der Waals surface area contributed by atoms with Crippen LogP contribution in [0.25, 0.3) is 83.8 Å². The lowest BCUT2D eigenvalue weighted by molar-refractivity contribution is 0.549. The maximum absolute atomic E-state index is 5.65. The number of para-hydroxylation sites is 1. The van der Waals surface area contributed by atoms with Crippen molar-refractivity contribution in [2.45, 2.75) is 13.3 Å². The van der Waals surface area contributed by atoms with Gasteiger partial charge in [-0.1, -0.05) is 213 Å². The average Bonchev–Trinajstić information content (AvgIpc) is 3.38. The third kappa shape index (κ3) is 7.52. The second-order valence-electron chi connectivity index (χ2n) is 16.6. The van der Waals surface area contributed by atoms with E-state index < -0.39 is 0 Å². The minimum atomic E-state index is 0.211. The number of aliphatic imine (C=N–C) groups is 1. The maximum Gasteiger partial charge on any atom is 0.160 e. The fourth-order valence-corrected chi connectivity index (χ4v) is 9.45. The Labute approximate surface area is 375 Å². The van der Waals surface area contributed by atoms with Crippen molar-refractivity contribution in [3.63, 3.8) is 0 Å². The molecule has 2 aliphatic rings. The average molecular weight is 820 g/mol. The van der Waals surface area contributed by atoms with E-state index in [1.165, 1.54) is 39.0 Å². The van der Waals surface area contributed by atoms with Crippen LogP contribution in [-0.2, 0) is 0 Å². The van der Waals surface area contributed by atoms with Gasteiger partial charge in [-0.05, 0) is 86.3 Å². The highest BCUT2D eigenvalue weighted by atomic mass is 14.9. The van der Waals surface area contributed by atoms with Crippen LogP contribution in [0.1, 0.15) is 24.5 Å². The van der Waals surface area contributed by atoms with Gasteiger partial charge in [0.2, 0.25) is 0 Å². The Balaban J connectivity index is 0.964. The summed E-state index contributed by atoms with van der Waals surface area (Å²) in [6.07, 6.45) is 9.95. The molecule has 1 aliphatic heterocycles. The molecule has 0 saturated carbocycles. The van der Waals surface area contributed by atoms with E-state index in [0.29, 0.717) is 5.82 Å². The van der Waals surface area contributed by atoms with Gasteiger partial charge in [0.15, 0.2) is 5.82 Å². The summed E-state index contributed by atoms with van der Waals surface area (Å²) in [7, 11) is 0. The highest BCUT2D eigenvalue weighted by molar-refractivity contribution is 6.08. The zero-order valence-electron chi connectivity index (χ0n) is 35.6. The summed E-state index contributed by atoms with van der Waals surface area (Å²) >= 11 is 0. The topological polar surface area (TPSA) is 38.1 Å². The number of benzene rings is 8. The van der Waals surface area contributed by atoms with Crippen LogP contribution in [-0.4, -0.2) is 15.7 Å². The second kappa shape index (κ2) is 17.0. The van der Waals surface area contributed by atoms with Crippen molar-refractivity contribution in [2.75, 3.05) is 0 Å². The number of rotatable bonds is 9. The van der Waals surface area contributed by atoms with Gasteiger partial charge in [-0.15, -0.1) is 0 Å². The summed E-state index contributed by atoms with van der Waals surface area (Å²) in [5.74, 6) is 1.15. The molecule has 3 nitrogen and oxygen atoms in total. The summed E-state index contributed by atoms with van der Waals surface area (Å²) < 4.78 is 0. The normalized spacial score (nSPS) is 15.5. The molecule has 0 bridgehead atoms. The zero-order valence-corrected chi connectivity index (χ0v) is 35.6. The van der Waals surface area contributed by atoms with E-state index in [1.807, 2.05) is 0 Å². The highest BCUT2D eigenvalue weighted by Gasteiger charge is 2.33. The van der Waals surface area contributed by atoms with Crippen molar-refractivity contribution in [2.24, 2.45) is 16.8 Å². The van der Waals surface area contributed by atoms with Gasteiger partial charge in [0, 0.05) is 33.9 Å². The summed E-state index contributed by atoms with van der Waals surface area (Å²) in [6, 6.07) is 73.4. The quantitative estimate of drug-likeness (QED) is 0.145. The first kappa shape index (κ1) is 38.9. The summed E-state index contributed by atoms with van der Waals surface area (Å²) in [4.78, 5) is 16.1. The lowest BCUT2D eigenvalue weighted by Crippen LogP contribution is -2.29. The lowest BCUT2D eigenvalue weighted by Gasteiger charge is -2.33. The van der Waals surface area contributed by atoms with Crippen molar-refractivity contribution in [3.8, 4) is 67.2 Å². The minimum absolute atomic E-state index is 0.211. The van der Waals surface area contributed by atoms with Gasteiger partial charge < -0.3 is 0 Å². The van der Waals surface area contributed by atoms with E-state index in [1.54, 1.807) is 0 Å². The monoisotopic (exact) mass is 819 g/mol. The molecular weight excluding hydrogens is 775 g/mol. The summed E-state index contributed by atoms with van der Waals surface area (Å²) in [5, 5.41) is 1.01. The van der Waals surface area contributed by atoms with Gasteiger partial charge in [-0.25, -0.2) is 9.97 Å². The molecule has 11 rings (SSSR count). The van der Waals surface area contributed by atoms with Crippen molar-refractivity contribution < 1.29 is 0 Å². The smallest absolute Gasteiger partial charge is 0.160 e. The van der Waals surface area contributed by atoms with E-state index in [4.69, 9.17) is 15.0 Å². The lowest BCUT2D eigenvalue weighted by atomic mass is 9.74. The first-order valence-electron chi connectivity index (χ1n) is 22.2. The molecule has 1 aliphatic carbocycles. The molecule has 0 saturated heterocycles. The molecule has 1 aromatic heterocycles. The molecule has 2 heterocycles. The maximum atomic E-state index is 5.65. The van der Waals surface area contributed by atoms with Gasteiger partial charge in [0.05, 0.1) is 22.6 Å². The SMILES string of the molecule is CCC1C(c2cccc(-c3ccc(-c4ccccc4)cc3)c2)=NC(c2cccc(-c3nc(-c4cccc(-c5ccc(-c6ccccc6)cc5)c4)nc4ccccc34)c2)=C2C=CC=CC21. The Morgan fingerprint density at radius 3 is 1.53 bits per heavy atom. The van der Waals surface area contributed by atoms with Crippen LogP contribution in [0.4, 0.5) is 0 Å². The summed E-state index contributed by atoms with van der Waals surface area (Å²) in [6.45, 7) is 2.29. The van der Waals surface area contributed by atoms with Crippen molar-refractivity contribution in [1.29, 1.82) is 0 Å². The number of hydrogen-bond acceptors (Lipinski definition) is 3. The zero-order chi connectivity index (χ0) is 42.8. The van der Waals surface area contributed by atoms with Crippen LogP contribution in [0.5, 0.6) is 0 Å². The summed E-state index contributed by atoms with van der Waals surface area (Å²) in [5.41, 5.74) is 18.9. The Bertz CT molecular complexity index is 3280. The molecule has 304 valence electrons. The Kier molecular flexibility index (Phi) is 10.4. The number of hydrogen-bond donors (Lipinski definition) is 0. The van der Waals surface area contributed by atoms with Crippen molar-refractivity contribution >= 4 is 22.3 Å². The molecule has 2 unspecified atom stereocenters. The third-order valence-electron chi connectivity index (χ3n) is 12.7. The minimum Gasteiger partial charge on any atom is -0.252 e. The number of aromatic nitrogens is 2. The van der Waals surface area contributed by atoms with Crippen LogP contribution in [0.3, 0.4) is 0 Å². The standard InChI is InChI=1S/C61H45N3/c1-2-53-54-26-9-10-27-55(54)59(63-58(53)49-22-13-20-47(38-49)45-34-30-43(31-35-45)41-16-5-3-6-17-41)50-23-15-24-51(40-50)60-56-28-11-12-29-57(56)62-61(64-60)52-25-14-21-48(39-52)46-36-32-44(33-37-46)42-18-7-4-8-19-42/h3-40,53-54H,2H2,1H3. The van der Waals surface area contributed by atoms with Gasteiger partial charge in [0.1, 0.15) is 0 Å². The van der Waals surface area contributed by atoms with E-state index in [0.717, 1.165) is 67.8 Å². The first-order chi connectivity index (χ1) is 31.7. The molecule has 0 spiro atoms. The van der Waals surface area contributed by atoms with Crippen LogP contribution >= 0.6 is 0 Å². The van der Waals surface area contributed by atoms with Crippen LogP contribution < -0.4 is 0 Å². The molecule has 0 amide bonds. The van der Waals surface area contributed by atoms with Gasteiger partial charge in [-0.2, -0.15) is 0 Å². The Morgan fingerprint density at radius 2 is 0.891 bits per heavy atom. The molecule has 0 radical (unpaired) electrons. The van der Waals surface area contributed by atoms with Crippen molar-refractivity contribution in [3.05, 3.63) is 247 Å². The number of allylic oxidation sites excluding steroid dienone is 5. The molecule has 8 aromatic carbocycles. The molecule has 64 heavy (non-hydrogen) atoms. The van der Waals surface area contributed by atoms with Crippen molar-refractivity contribution in [1.82, 2.24) is 9.97 Å². The van der Waals surface area contributed by atoms with E-state index in [9.17, 15) is 0 Å². The third-order valence-corrected chi connectivity index (χ3v) is 12.7. The molecule has 9 aromatic rings. The van der Waals surface area contributed by atoms with Gasteiger partial charge in [0.25, 0.3) is 0 Å². The second-order valence-corrected chi connectivity index (χ2v) is 16.6. The Hall–Kier alpha value is -8.01.